The van der Waals surface area contributed by atoms with Gasteiger partial charge in [0, 0.05) is 24.7 Å². The molecule has 5 heteroatoms. The summed E-state index contributed by atoms with van der Waals surface area (Å²) in [4.78, 5) is 3.94. The third-order valence-corrected chi connectivity index (χ3v) is 1.90. The summed E-state index contributed by atoms with van der Waals surface area (Å²) in [5.74, 6) is 0.263. The first kappa shape index (κ1) is 8.42. The highest BCUT2D eigenvalue weighted by atomic mass is 32.1. The number of nitrogens with zero attached hydrogens (tertiary/aromatic N) is 2. The molecule has 0 radical (unpaired) electrons. The van der Waals surface area contributed by atoms with E-state index in [-0.39, 0.29) is 12.5 Å². The Morgan fingerprint density at radius 3 is 3.18 bits per heavy atom. The fourth-order valence-corrected chi connectivity index (χ4v) is 1.01. The largest absolute Gasteiger partial charge is 0.396 e. The zero-order chi connectivity index (χ0) is 8.10. The van der Waals surface area contributed by atoms with Crippen LogP contribution in [-0.2, 0) is 0 Å². The molecule has 1 atom stereocenters. The van der Waals surface area contributed by atoms with Gasteiger partial charge in [0.05, 0.1) is 0 Å². The van der Waals surface area contributed by atoms with E-state index < -0.39 is 0 Å². The highest BCUT2D eigenvalue weighted by Gasteiger charge is 2.00. The van der Waals surface area contributed by atoms with Crippen LogP contribution in [0.1, 0.15) is 6.92 Å². The van der Waals surface area contributed by atoms with Crippen LogP contribution >= 0.6 is 11.5 Å². The van der Waals surface area contributed by atoms with Gasteiger partial charge in [0.2, 0.25) is 5.13 Å². The van der Waals surface area contributed by atoms with Crippen LogP contribution in [0.3, 0.4) is 0 Å². The smallest absolute Gasteiger partial charge is 0.202 e. The van der Waals surface area contributed by atoms with Crippen LogP contribution in [0.2, 0.25) is 0 Å². The molecule has 62 valence electrons. The van der Waals surface area contributed by atoms with Crippen molar-refractivity contribution in [3.63, 3.8) is 0 Å². The van der Waals surface area contributed by atoms with Gasteiger partial charge in [-0.3, -0.25) is 0 Å². The Labute approximate surface area is 69.5 Å². The lowest BCUT2D eigenvalue weighted by Gasteiger charge is -2.06. The summed E-state index contributed by atoms with van der Waals surface area (Å²) in [7, 11) is 0. The molecule has 1 rings (SSSR count). The molecule has 0 saturated carbocycles. The van der Waals surface area contributed by atoms with Gasteiger partial charge in [0.1, 0.15) is 6.33 Å². The molecule has 1 aromatic heterocycles. The second-order valence-corrected chi connectivity index (χ2v) is 3.20. The van der Waals surface area contributed by atoms with Crippen LogP contribution in [0.25, 0.3) is 0 Å². The van der Waals surface area contributed by atoms with Crippen molar-refractivity contribution < 1.29 is 5.11 Å². The summed E-state index contributed by atoms with van der Waals surface area (Å²) in [6.07, 6.45) is 1.51. The second-order valence-electron chi connectivity index (χ2n) is 2.42. The zero-order valence-corrected chi connectivity index (χ0v) is 7.14. The van der Waals surface area contributed by atoms with Crippen LogP contribution in [-0.4, -0.2) is 27.6 Å². The van der Waals surface area contributed by atoms with Gasteiger partial charge in [-0.05, 0) is 5.92 Å². The van der Waals surface area contributed by atoms with Gasteiger partial charge in [0.15, 0.2) is 0 Å². The Morgan fingerprint density at radius 1 is 1.82 bits per heavy atom. The SMILES string of the molecule is CC(CO)CNc1ncns1. The minimum absolute atomic E-state index is 0.200. The normalized spacial score (nSPS) is 12.9. The number of nitrogens with one attached hydrogen (secondary N) is 1. The molecule has 0 aliphatic heterocycles. The predicted molar refractivity (Wildman–Crippen MR) is 44.6 cm³/mol. The van der Waals surface area contributed by atoms with Gasteiger partial charge < -0.3 is 10.4 Å². The maximum absolute atomic E-state index is 8.69. The van der Waals surface area contributed by atoms with Crippen LogP contribution in [0.5, 0.6) is 0 Å². The first-order valence-corrected chi connectivity index (χ1v) is 4.21. The number of rotatable bonds is 4. The van der Waals surface area contributed by atoms with E-state index in [4.69, 9.17) is 5.11 Å². The monoisotopic (exact) mass is 173 g/mol. The Morgan fingerprint density at radius 2 is 2.64 bits per heavy atom. The van der Waals surface area contributed by atoms with Crippen LogP contribution in [0.4, 0.5) is 5.13 Å². The first-order valence-electron chi connectivity index (χ1n) is 3.44. The number of aliphatic hydroxyl groups is 1. The molecule has 0 aromatic carbocycles. The lowest BCUT2D eigenvalue weighted by Crippen LogP contribution is -2.14. The van der Waals surface area contributed by atoms with E-state index in [1.165, 1.54) is 17.9 Å². The van der Waals surface area contributed by atoms with Crippen LogP contribution in [0, 0.1) is 5.92 Å². The van der Waals surface area contributed by atoms with Crippen molar-refractivity contribution in [2.75, 3.05) is 18.5 Å². The van der Waals surface area contributed by atoms with Gasteiger partial charge >= 0.3 is 0 Å². The average Bonchev–Trinajstić information content (AvgIpc) is 2.52. The van der Waals surface area contributed by atoms with E-state index in [1.807, 2.05) is 6.92 Å². The predicted octanol–water partition coefficient (Wildman–Crippen LogP) is 0.578. The molecule has 2 N–H and O–H groups in total. The van der Waals surface area contributed by atoms with Crippen molar-refractivity contribution >= 4 is 16.7 Å². The van der Waals surface area contributed by atoms with Crippen molar-refractivity contribution in [3.05, 3.63) is 6.33 Å². The summed E-state index contributed by atoms with van der Waals surface area (Å²) in [6.45, 7) is 2.91. The van der Waals surface area contributed by atoms with Gasteiger partial charge in [0.25, 0.3) is 0 Å². The molecule has 11 heavy (non-hydrogen) atoms. The molecular weight excluding hydrogens is 162 g/mol. The van der Waals surface area contributed by atoms with Crippen LogP contribution < -0.4 is 5.32 Å². The highest BCUT2D eigenvalue weighted by molar-refractivity contribution is 7.09. The molecule has 1 heterocycles. The Hall–Kier alpha value is -0.680. The Kier molecular flexibility index (Phi) is 3.25. The van der Waals surface area contributed by atoms with E-state index in [0.717, 1.165) is 11.7 Å². The quantitative estimate of drug-likeness (QED) is 0.699. The third kappa shape index (κ3) is 2.81. The van der Waals surface area contributed by atoms with Gasteiger partial charge in [-0.1, -0.05) is 6.92 Å². The zero-order valence-electron chi connectivity index (χ0n) is 6.32. The van der Waals surface area contributed by atoms with E-state index in [1.54, 1.807) is 0 Å². The number of aromatic nitrogens is 2. The molecule has 0 fully saturated rings. The number of hydrogen-bond acceptors (Lipinski definition) is 5. The molecule has 0 saturated heterocycles. The molecule has 1 unspecified atom stereocenters. The Bertz CT molecular complexity index is 190. The van der Waals surface area contributed by atoms with Crippen molar-refractivity contribution in [1.29, 1.82) is 0 Å². The van der Waals surface area contributed by atoms with Crippen molar-refractivity contribution in [2.24, 2.45) is 5.92 Å². The van der Waals surface area contributed by atoms with Crippen molar-refractivity contribution in [2.45, 2.75) is 6.92 Å². The van der Waals surface area contributed by atoms with E-state index in [9.17, 15) is 0 Å². The van der Waals surface area contributed by atoms with Gasteiger partial charge in [-0.2, -0.15) is 4.37 Å². The fourth-order valence-electron chi connectivity index (χ4n) is 0.577. The molecule has 4 nitrogen and oxygen atoms in total. The third-order valence-electron chi connectivity index (χ3n) is 1.27. The number of hydrogen-bond donors (Lipinski definition) is 2. The number of aliphatic hydroxyl groups excluding tert-OH is 1. The lowest BCUT2D eigenvalue weighted by molar-refractivity contribution is 0.244. The minimum atomic E-state index is 0.200. The van der Waals surface area contributed by atoms with Crippen molar-refractivity contribution in [1.82, 2.24) is 9.36 Å². The summed E-state index contributed by atoms with van der Waals surface area (Å²) in [5.41, 5.74) is 0. The first-order chi connectivity index (χ1) is 5.33. The molecule has 0 spiro atoms. The average molecular weight is 173 g/mol. The summed E-state index contributed by atoms with van der Waals surface area (Å²) in [6, 6.07) is 0. The molecule has 0 bridgehead atoms. The number of anilines is 1. The summed E-state index contributed by atoms with van der Waals surface area (Å²) < 4.78 is 3.83. The van der Waals surface area contributed by atoms with Gasteiger partial charge in [-0.15, -0.1) is 0 Å². The highest BCUT2D eigenvalue weighted by Crippen LogP contribution is 2.06. The molecular formula is C6H11N3OS. The summed E-state index contributed by atoms with van der Waals surface area (Å²) in [5, 5.41) is 12.6. The maximum atomic E-state index is 8.69. The van der Waals surface area contributed by atoms with E-state index >= 15 is 0 Å². The second kappa shape index (κ2) is 4.25. The lowest BCUT2D eigenvalue weighted by atomic mass is 10.2. The van der Waals surface area contributed by atoms with E-state index in [2.05, 4.69) is 14.7 Å². The summed E-state index contributed by atoms with van der Waals surface area (Å²) >= 11 is 1.32. The molecule has 0 aliphatic rings. The van der Waals surface area contributed by atoms with Gasteiger partial charge in [-0.25, -0.2) is 4.98 Å². The standard InChI is InChI=1S/C6H11N3OS/c1-5(3-10)2-7-6-8-4-9-11-6/h4-5,10H,2-3H2,1H3,(H,7,8,9). The molecule has 1 aromatic rings. The van der Waals surface area contributed by atoms with E-state index in [0.29, 0.717) is 0 Å². The Balaban J connectivity index is 2.23. The minimum Gasteiger partial charge on any atom is -0.396 e. The molecule has 0 amide bonds. The maximum Gasteiger partial charge on any atom is 0.202 e. The topological polar surface area (TPSA) is 58.0 Å². The molecule has 0 aliphatic carbocycles. The van der Waals surface area contributed by atoms with Crippen molar-refractivity contribution in [3.8, 4) is 0 Å². The van der Waals surface area contributed by atoms with Crippen LogP contribution in [0.15, 0.2) is 6.33 Å². The fraction of sp³-hybridized carbons (Fsp3) is 0.667.